The molecule has 0 aromatic heterocycles. The van der Waals surface area contributed by atoms with Crippen molar-refractivity contribution in [2.24, 2.45) is 5.92 Å². The minimum atomic E-state index is -0.598. The van der Waals surface area contributed by atoms with E-state index in [-0.39, 0.29) is 25.1 Å². The van der Waals surface area contributed by atoms with Crippen LogP contribution in [0.15, 0.2) is 0 Å². The lowest BCUT2D eigenvalue weighted by Gasteiger charge is -2.32. The molecule has 22 heavy (non-hydrogen) atoms. The molecule has 0 radical (unpaired) electrons. The fourth-order valence-corrected chi connectivity index (χ4v) is 2.86. The summed E-state index contributed by atoms with van der Waals surface area (Å²) >= 11 is 0. The Labute approximate surface area is 130 Å². The van der Waals surface area contributed by atoms with Gasteiger partial charge in [0, 0.05) is 12.6 Å². The summed E-state index contributed by atoms with van der Waals surface area (Å²) in [6.45, 7) is 8.27. The lowest BCUT2D eigenvalue weighted by molar-refractivity contribution is -0.133. The van der Waals surface area contributed by atoms with E-state index < -0.39 is 23.7 Å². The molecule has 124 valence electrons. The number of cyclic esters (lactones) is 1. The van der Waals surface area contributed by atoms with E-state index in [1.165, 1.54) is 0 Å². The Bertz CT molecular complexity index is 471. The van der Waals surface area contributed by atoms with Crippen LogP contribution in [0.5, 0.6) is 0 Å². The minimum absolute atomic E-state index is 0.234. The van der Waals surface area contributed by atoms with Gasteiger partial charge in [0.2, 0.25) is 5.91 Å². The van der Waals surface area contributed by atoms with Crippen molar-refractivity contribution >= 4 is 18.1 Å². The predicted octanol–water partition coefficient (Wildman–Crippen LogP) is 2.00. The molecule has 0 spiro atoms. The van der Waals surface area contributed by atoms with E-state index in [1.807, 2.05) is 20.8 Å². The average molecular weight is 312 g/mol. The largest absolute Gasteiger partial charge is 0.447 e. The molecular weight excluding hydrogens is 288 g/mol. The van der Waals surface area contributed by atoms with E-state index in [0.29, 0.717) is 6.54 Å². The Hall–Kier alpha value is -1.79. The van der Waals surface area contributed by atoms with Gasteiger partial charge in [0.05, 0.1) is 12.5 Å². The van der Waals surface area contributed by atoms with Crippen molar-refractivity contribution in [3.8, 4) is 0 Å². The SMILES string of the molecule is C[C@H](C(=O)N1CCOC1=O)[C@@H]1CCCN1C(=O)OC(C)(C)C. The third-order valence-electron chi connectivity index (χ3n) is 3.92. The van der Waals surface area contributed by atoms with Crippen molar-refractivity contribution in [3.63, 3.8) is 0 Å². The molecule has 0 unspecified atom stereocenters. The summed E-state index contributed by atoms with van der Waals surface area (Å²) in [5, 5.41) is 0. The molecule has 3 amide bonds. The average Bonchev–Trinajstić information content (AvgIpc) is 3.03. The molecule has 2 saturated heterocycles. The maximum atomic E-state index is 12.4. The number of ether oxygens (including phenoxy) is 2. The summed E-state index contributed by atoms with van der Waals surface area (Å²) in [5.74, 6) is -0.747. The lowest BCUT2D eigenvalue weighted by Crippen LogP contribution is -2.47. The van der Waals surface area contributed by atoms with Crippen LogP contribution in [0.4, 0.5) is 9.59 Å². The van der Waals surface area contributed by atoms with E-state index in [0.717, 1.165) is 17.7 Å². The number of likely N-dealkylation sites (tertiary alicyclic amines) is 1. The molecule has 7 nitrogen and oxygen atoms in total. The van der Waals surface area contributed by atoms with E-state index >= 15 is 0 Å². The van der Waals surface area contributed by atoms with Crippen LogP contribution < -0.4 is 0 Å². The summed E-state index contributed by atoms with van der Waals surface area (Å²) in [6.07, 6.45) is 0.554. The molecule has 7 heteroatoms. The predicted molar refractivity (Wildman–Crippen MR) is 78.2 cm³/mol. The monoisotopic (exact) mass is 312 g/mol. The molecular formula is C15H24N2O5. The van der Waals surface area contributed by atoms with Gasteiger partial charge in [-0.15, -0.1) is 0 Å². The smallest absolute Gasteiger partial charge is 0.416 e. The third-order valence-corrected chi connectivity index (χ3v) is 3.92. The number of hydrogen-bond donors (Lipinski definition) is 0. The first-order chi connectivity index (χ1) is 10.2. The van der Waals surface area contributed by atoms with Crippen molar-refractivity contribution in [2.75, 3.05) is 19.7 Å². The number of carbonyl (C=O) groups is 3. The second-order valence-corrected chi connectivity index (χ2v) is 6.78. The first-order valence-electron chi connectivity index (χ1n) is 7.68. The normalized spacial score (nSPS) is 23.5. The number of nitrogens with zero attached hydrogens (tertiary/aromatic N) is 2. The molecule has 2 rings (SSSR count). The van der Waals surface area contributed by atoms with Gasteiger partial charge in [-0.2, -0.15) is 0 Å². The van der Waals surface area contributed by atoms with Crippen LogP contribution in [0.25, 0.3) is 0 Å². The molecule has 0 N–H and O–H groups in total. The quantitative estimate of drug-likeness (QED) is 0.779. The van der Waals surface area contributed by atoms with E-state index in [1.54, 1.807) is 11.8 Å². The second kappa shape index (κ2) is 6.14. The molecule has 0 saturated carbocycles. The van der Waals surface area contributed by atoms with Crippen LogP contribution in [0.3, 0.4) is 0 Å². The molecule has 2 heterocycles. The summed E-state index contributed by atoms with van der Waals surface area (Å²) in [4.78, 5) is 39.0. The Balaban J connectivity index is 2.04. The fourth-order valence-electron chi connectivity index (χ4n) is 2.86. The number of amides is 3. The summed E-state index contributed by atoms with van der Waals surface area (Å²) < 4.78 is 10.2. The number of hydrogen-bond acceptors (Lipinski definition) is 5. The summed E-state index contributed by atoms with van der Waals surface area (Å²) in [5.41, 5.74) is -0.573. The molecule has 2 fully saturated rings. The Morgan fingerprint density at radius 1 is 1.32 bits per heavy atom. The molecule has 0 bridgehead atoms. The van der Waals surface area contributed by atoms with Gasteiger partial charge >= 0.3 is 12.2 Å². The van der Waals surface area contributed by atoms with Crippen molar-refractivity contribution in [3.05, 3.63) is 0 Å². The van der Waals surface area contributed by atoms with Gasteiger partial charge in [-0.3, -0.25) is 4.79 Å². The van der Waals surface area contributed by atoms with Gasteiger partial charge in [0.25, 0.3) is 0 Å². The second-order valence-electron chi connectivity index (χ2n) is 6.78. The lowest BCUT2D eigenvalue weighted by atomic mass is 9.98. The zero-order chi connectivity index (χ0) is 16.5. The van der Waals surface area contributed by atoms with Crippen LogP contribution in [0.2, 0.25) is 0 Å². The summed E-state index contributed by atoms with van der Waals surface area (Å²) in [6, 6.07) is -0.240. The number of imide groups is 1. The third kappa shape index (κ3) is 3.51. The Kier molecular flexibility index (Phi) is 4.63. The van der Waals surface area contributed by atoms with E-state index in [4.69, 9.17) is 9.47 Å². The fraction of sp³-hybridized carbons (Fsp3) is 0.800. The molecule has 2 atom stereocenters. The van der Waals surface area contributed by atoms with Crippen LogP contribution in [0.1, 0.15) is 40.5 Å². The number of carbonyl (C=O) groups excluding carboxylic acids is 3. The molecule has 0 aromatic rings. The highest BCUT2D eigenvalue weighted by atomic mass is 16.6. The highest BCUT2D eigenvalue weighted by Crippen LogP contribution is 2.27. The van der Waals surface area contributed by atoms with Crippen molar-refractivity contribution in [2.45, 2.75) is 52.2 Å². The van der Waals surface area contributed by atoms with Crippen LogP contribution in [-0.2, 0) is 14.3 Å². The minimum Gasteiger partial charge on any atom is -0.447 e. The van der Waals surface area contributed by atoms with Gasteiger partial charge in [-0.1, -0.05) is 6.92 Å². The topological polar surface area (TPSA) is 76.2 Å². The van der Waals surface area contributed by atoms with Crippen molar-refractivity contribution in [1.82, 2.24) is 9.80 Å². The van der Waals surface area contributed by atoms with Crippen LogP contribution >= 0.6 is 0 Å². The molecule has 2 aliphatic rings. The van der Waals surface area contributed by atoms with Gasteiger partial charge < -0.3 is 14.4 Å². The van der Waals surface area contributed by atoms with Crippen molar-refractivity contribution < 1.29 is 23.9 Å². The molecule has 0 aliphatic carbocycles. The Morgan fingerprint density at radius 2 is 2.00 bits per heavy atom. The standard InChI is InChI=1S/C15H24N2O5/c1-10(12(18)17-8-9-21-13(17)19)11-6-5-7-16(11)14(20)22-15(2,3)4/h10-11H,5-9H2,1-4H3/t10-,11-/m0/s1. The van der Waals surface area contributed by atoms with Gasteiger partial charge in [-0.05, 0) is 33.6 Å². The molecule has 2 aliphatic heterocycles. The van der Waals surface area contributed by atoms with E-state index in [2.05, 4.69) is 0 Å². The van der Waals surface area contributed by atoms with Gasteiger partial charge in [0.1, 0.15) is 12.2 Å². The maximum Gasteiger partial charge on any atom is 0.416 e. The maximum absolute atomic E-state index is 12.4. The first kappa shape index (κ1) is 16.6. The highest BCUT2D eigenvalue weighted by molar-refractivity contribution is 5.94. The summed E-state index contributed by atoms with van der Waals surface area (Å²) in [7, 11) is 0. The van der Waals surface area contributed by atoms with Gasteiger partial charge in [-0.25, -0.2) is 14.5 Å². The van der Waals surface area contributed by atoms with Crippen LogP contribution in [0, 0.1) is 5.92 Å². The van der Waals surface area contributed by atoms with E-state index in [9.17, 15) is 14.4 Å². The zero-order valence-electron chi connectivity index (χ0n) is 13.6. The van der Waals surface area contributed by atoms with Crippen LogP contribution in [-0.4, -0.2) is 59.2 Å². The zero-order valence-corrected chi connectivity index (χ0v) is 13.6. The Morgan fingerprint density at radius 3 is 2.55 bits per heavy atom. The van der Waals surface area contributed by atoms with Crippen molar-refractivity contribution in [1.29, 1.82) is 0 Å². The number of rotatable bonds is 2. The highest BCUT2D eigenvalue weighted by Gasteiger charge is 2.41. The van der Waals surface area contributed by atoms with Gasteiger partial charge in [0.15, 0.2) is 0 Å². The molecule has 0 aromatic carbocycles. The first-order valence-corrected chi connectivity index (χ1v) is 7.68.